The quantitative estimate of drug-likeness (QED) is 0.440. The molecule has 1 heterocycles. The van der Waals surface area contributed by atoms with Crippen LogP contribution in [-0.2, 0) is 6.18 Å². The molecule has 30 heavy (non-hydrogen) atoms. The average Bonchev–Trinajstić information content (AvgIpc) is 3.09. The van der Waals surface area contributed by atoms with Crippen molar-refractivity contribution in [1.29, 1.82) is 0 Å². The third-order valence-electron chi connectivity index (χ3n) is 4.71. The van der Waals surface area contributed by atoms with Gasteiger partial charge in [0.15, 0.2) is 5.82 Å². The number of rotatable bonds is 3. The molecule has 4 rings (SSSR count). The van der Waals surface area contributed by atoms with Crippen molar-refractivity contribution in [2.75, 3.05) is 10.6 Å². The molecule has 6 nitrogen and oxygen atoms in total. The Kier molecular flexibility index (Phi) is 4.57. The number of primary amides is 1. The Bertz CT molecular complexity index is 1230. The molecule has 0 unspecified atom stereocenters. The summed E-state index contributed by atoms with van der Waals surface area (Å²) in [6.07, 6.45) is -4.54. The molecule has 5 N–H and O–H groups in total. The van der Waals surface area contributed by atoms with Crippen LogP contribution in [0.1, 0.15) is 5.56 Å². The number of hydrogen-bond donors (Lipinski definition) is 3. The van der Waals surface area contributed by atoms with Crippen LogP contribution in [0.3, 0.4) is 0 Å². The van der Waals surface area contributed by atoms with E-state index in [1.165, 1.54) is 12.1 Å². The average molecular weight is 411 g/mol. The number of amides is 2. The van der Waals surface area contributed by atoms with Crippen LogP contribution in [0.2, 0.25) is 0 Å². The molecular formula is C21H16F3N5O. The maximum absolute atomic E-state index is 13.1. The van der Waals surface area contributed by atoms with E-state index in [-0.39, 0.29) is 5.69 Å². The first kappa shape index (κ1) is 19.3. The number of H-pyrrole nitrogens is 1. The molecule has 0 spiro atoms. The number of aromatic amines is 1. The third kappa shape index (κ3) is 3.41. The number of aromatic nitrogens is 2. The van der Waals surface area contributed by atoms with Crippen molar-refractivity contribution >= 4 is 34.1 Å². The highest BCUT2D eigenvalue weighted by Gasteiger charge is 2.31. The second-order valence-electron chi connectivity index (χ2n) is 6.61. The summed E-state index contributed by atoms with van der Waals surface area (Å²) < 4.78 is 39.2. The molecule has 0 radical (unpaired) electrons. The second kappa shape index (κ2) is 7.11. The summed E-state index contributed by atoms with van der Waals surface area (Å²) in [4.78, 5) is 13.1. The van der Waals surface area contributed by atoms with Crippen LogP contribution in [0.15, 0.2) is 66.7 Å². The minimum Gasteiger partial charge on any atom is -0.382 e. The van der Waals surface area contributed by atoms with E-state index in [1.807, 2.05) is 18.2 Å². The van der Waals surface area contributed by atoms with E-state index in [2.05, 4.69) is 10.2 Å². The predicted molar refractivity (Wildman–Crippen MR) is 109 cm³/mol. The number of nitrogens with zero attached hydrogens (tertiary/aromatic N) is 2. The fourth-order valence-electron chi connectivity index (χ4n) is 3.35. The van der Waals surface area contributed by atoms with Crippen molar-refractivity contribution in [2.45, 2.75) is 6.18 Å². The fourth-order valence-corrected chi connectivity index (χ4v) is 3.35. The van der Waals surface area contributed by atoms with E-state index < -0.39 is 17.8 Å². The lowest BCUT2D eigenvalue weighted by atomic mass is 10.0. The molecule has 0 atom stereocenters. The van der Waals surface area contributed by atoms with E-state index in [9.17, 15) is 18.0 Å². The number of carbonyl (C=O) groups excluding carboxylic acids is 1. The first-order valence-electron chi connectivity index (χ1n) is 8.85. The summed E-state index contributed by atoms with van der Waals surface area (Å²) in [5.74, 6) is 0.354. The molecule has 0 aliphatic rings. The molecule has 0 saturated carbocycles. The van der Waals surface area contributed by atoms with Gasteiger partial charge in [0, 0.05) is 0 Å². The van der Waals surface area contributed by atoms with Crippen molar-refractivity contribution in [2.24, 2.45) is 5.73 Å². The smallest absolute Gasteiger partial charge is 0.382 e. The number of anilines is 3. The lowest BCUT2D eigenvalue weighted by Gasteiger charge is -2.22. The molecule has 0 bridgehead atoms. The largest absolute Gasteiger partial charge is 0.416 e. The zero-order chi connectivity index (χ0) is 21.5. The first-order chi connectivity index (χ1) is 14.3. The standard InChI is InChI=1S/C21H16F3N5O/c22-21(23,24)13-3-1-4-15(11-13)29(20(26)30)14-9-7-12(8-10-14)16-5-2-6-17-18(16)19(25)28-27-17/h1-11H,(H2,26,30)(H3,25,27,28). The van der Waals surface area contributed by atoms with E-state index in [4.69, 9.17) is 11.5 Å². The molecule has 1 aromatic heterocycles. The number of nitrogen functional groups attached to an aromatic ring is 1. The van der Waals surface area contributed by atoms with Crippen LogP contribution in [-0.4, -0.2) is 16.2 Å². The number of benzene rings is 3. The molecule has 3 aromatic carbocycles. The zero-order valence-electron chi connectivity index (χ0n) is 15.4. The van der Waals surface area contributed by atoms with Crippen LogP contribution in [0.5, 0.6) is 0 Å². The third-order valence-corrected chi connectivity index (χ3v) is 4.71. The Labute approximate surface area is 168 Å². The minimum atomic E-state index is -4.54. The monoisotopic (exact) mass is 411 g/mol. The highest BCUT2D eigenvalue weighted by atomic mass is 19.4. The van der Waals surface area contributed by atoms with Crippen molar-refractivity contribution in [3.8, 4) is 11.1 Å². The van der Waals surface area contributed by atoms with Gasteiger partial charge in [-0.1, -0.05) is 30.3 Å². The Hall–Kier alpha value is -4.01. The van der Waals surface area contributed by atoms with Gasteiger partial charge in [-0.05, 0) is 47.5 Å². The number of fused-ring (bicyclic) bond motifs is 1. The number of hydrogen-bond acceptors (Lipinski definition) is 3. The molecule has 2 amide bonds. The maximum atomic E-state index is 13.1. The first-order valence-corrected chi connectivity index (χ1v) is 8.85. The maximum Gasteiger partial charge on any atom is 0.416 e. The van der Waals surface area contributed by atoms with Crippen LogP contribution in [0.25, 0.3) is 22.0 Å². The summed E-state index contributed by atoms with van der Waals surface area (Å²) in [6, 6.07) is 15.8. The minimum absolute atomic E-state index is 0.0197. The van der Waals surface area contributed by atoms with Gasteiger partial charge in [-0.15, -0.1) is 0 Å². The highest BCUT2D eigenvalue weighted by molar-refractivity contribution is 6.02. The molecule has 9 heteroatoms. The van der Waals surface area contributed by atoms with Gasteiger partial charge in [-0.2, -0.15) is 18.3 Å². The lowest BCUT2D eigenvalue weighted by molar-refractivity contribution is -0.137. The molecule has 0 saturated heterocycles. The lowest BCUT2D eigenvalue weighted by Crippen LogP contribution is -2.31. The number of carbonyl (C=O) groups is 1. The molecule has 0 aliphatic carbocycles. The number of nitrogens with two attached hydrogens (primary N) is 2. The Morgan fingerprint density at radius 1 is 0.967 bits per heavy atom. The number of alkyl halides is 3. The molecule has 0 fully saturated rings. The van der Waals surface area contributed by atoms with Gasteiger partial charge in [0.05, 0.1) is 27.8 Å². The SMILES string of the molecule is NC(=O)N(c1ccc(-c2cccc3[nH]nc(N)c23)cc1)c1cccc(C(F)(F)F)c1. The number of urea groups is 1. The van der Waals surface area contributed by atoms with E-state index >= 15 is 0 Å². The van der Waals surface area contributed by atoms with Crippen LogP contribution in [0, 0.1) is 0 Å². The van der Waals surface area contributed by atoms with Gasteiger partial charge in [-0.25, -0.2) is 4.79 Å². The van der Waals surface area contributed by atoms with Crippen LogP contribution >= 0.6 is 0 Å². The summed E-state index contributed by atoms with van der Waals surface area (Å²) in [5.41, 5.74) is 13.3. The van der Waals surface area contributed by atoms with Gasteiger partial charge < -0.3 is 11.5 Å². The summed E-state index contributed by atoms with van der Waals surface area (Å²) in [5, 5.41) is 7.61. The van der Waals surface area contributed by atoms with Gasteiger partial charge in [0.1, 0.15) is 0 Å². The Morgan fingerprint density at radius 2 is 1.67 bits per heavy atom. The topological polar surface area (TPSA) is 101 Å². The van der Waals surface area contributed by atoms with Crippen LogP contribution < -0.4 is 16.4 Å². The summed E-state index contributed by atoms with van der Waals surface area (Å²) >= 11 is 0. The van der Waals surface area contributed by atoms with Gasteiger partial charge >= 0.3 is 12.2 Å². The zero-order valence-corrected chi connectivity index (χ0v) is 15.4. The fraction of sp³-hybridized carbons (Fsp3) is 0.0476. The van der Waals surface area contributed by atoms with Gasteiger partial charge in [0.2, 0.25) is 0 Å². The van der Waals surface area contributed by atoms with E-state index in [0.717, 1.165) is 39.1 Å². The number of halogens is 3. The summed E-state index contributed by atoms with van der Waals surface area (Å²) in [6.45, 7) is 0. The molecule has 4 aromatic rings. The summed E-state index contributed by atoms with van der Waals surface area (Å²) in [7, 11) is 0. The highest BCUT2D eigenvalue weighted by Crippen LogP contribution is 2.36. The van der Waals surface area contributed by atoms with E-state index in [0.29, 0.717) is 11.5 Å². The van der Waals surface area contributed by atoms with Crippen LogP contribution in [0.4, 0.5) is 35.2 Å². The Morgan fingerprint density at radius 3 is 2.33 bits per heavy atom. The normalized spacial score (nSPS) is 11.6. The van der Waals surface area contributed by atoms with E-state index in [1.54, 1.807) is 24.3 Å². The molecule has 152 valence electrons. The number of nitrogens with one attached hydrogen (secondary N) is 1. The molecule has 0 aliphatic heterocycles. The van der Waals surface area contributed by atoms with Gasteiger partial charge in [0.25, 0.3) is 0 Å². The predicted octanol–water partition coefficient (Wildman–Crippen LogP) is 5.05. The van der Waals surface area contributed by atoms with Crippen molar-refractivity contribution in [1.82, 2.24) is 10.2 Å². The second-order valence-corrected chi connectivity index (χ2v) is 6.61. The van der Waals surface area contributed by atoms with Gasteiger partial charge in [-0.3, -0.25) is 10.00 Å². The molecular weight excluding hydrogens is 395 g/mol. The van der Waals surface area contributed by atoms with Crippen molar-refractivity contribution in [3.05, 3.63) is 72.3 Å². The van der Waals surface area contributed by atoms with Crippen molar-refractivity contribution < 1.29 is 18.0 Å². The van der Waals surface area contributed by atoms with Crippen molar-refractivity contribution in [3.63, 3.8) is 0 Å². The Balaban J connectivity index is 1.75.